The Kier molecular flexibility index (Phi) is 4.93. The average Bonchev–Trinajstić information content (AvgIpc) is 3.04. The molecule has 2 aliphatic heterocycles. The summed E-state index contributed by atoms with van der Waals surface area (Å²) in [4.78, 5) is 16.7. The highest BCUT2D eigenvalue weighted by molar-refractivity contribution is 9.10. The Bertz CT molecular complexity index is 495. The fourth-order valence-corrected chi connectivity index (χ4v) is 3.38. The van der Waals surface area contributed by atoms with Crippen LogP contribution in [0.5, 0.6) is 0 Å². The van der Waals surface area contributed by atoms with Crippen LogP contribution in [0.1, 0.15) is 18.4 Å². The van der Waals surface area contributed by atoms with Crippen LogP contribution in [0, 0.1) is 0 Å². The van der Waals surface area contributed by atoms with Gasteiger partial charge in [0, 0.05) is 43.8 Å². The molecular formula is C16H21BrN2O2. The van der Waals surface area contributed by atoms with E-state index in [0.29, 0.717) is 0 Å². The molecule has 21 heavy (non-hydrogen) atoms. The molecule has 1 aromatic rings. The van der Waals surface area contributed by atoms with E-state index >= 15 is 0 Å². The van der Waals surface area contributed by atoms with Gasteiger partial charge in [-0.15, -0.1) is 0 Å². The third-order valence-corrected chi connectivity index (χ3v) is 5.01. The molecule has 0 spiro atoms. The van der Waals surface area contributed by atoms with E-state index in [2.05, 4.69) is 39.0 Å². The van der Waals surface area contributed by atoms with E-state index in [0.717, 1.165) is 56.6 Å². The minimum absolute atomic E-state index is 0.181. The van der Waals surface area contributed by atoms with Gasteiger partial charge in [-0.3, -0.25) is 9.69 Å². The lowest BCUT2D eigenvalue weighted by atomic mass is 10.1. The maximum Gasteiger partial charge on any atom is 0.251 e. The van der Waals surface area contributed by atoms with E-state index in [-0.39, 0.29) is 12.0 Å². The highest BCUT2D eigenvalue weighted by Crippen LogP contribution is 2.20. The smallest absolute Gasteiger partial charge is 0.251 e. The van der Waals surface area contributed by atoms with Crippen LogP contribution < -0.4 is 0 Å². The van der Waals surface area contributed by atoms with Crippen LogP contribution in [0.25, 0.3) is 0 Å². The predicted octanol–water partition coefficient (Wildman–Crippen LogP) is 2.27. The Morgan fingerprint density at radius 2 is 2.00 bits per heavy atom. The molecule has 2 heterocycles. The van der Waals surface area contributed by atoms with Gasteiger partial charge in [-0.05, 0) is 24.5 Å². The zero-order valence-corrected chi connectivity index (χ0v) is 13.7. The summed E-state index contributed by atoms with van der Waals surface area (Å²) in [5.74, 6) is 0.188. The van der Waals surface area contributed by atoms with Crippen LogP contribution in [-0.4, -0.2) is 54.6 Å². The van der Waals surface area contributed by atoms with Crippen molar-refractivity contribution in [1.82, 2.24) is 9.80 Å². The second-order valence-corrected chi connectivity index (χ2v) is 6.55. The molecule has 2 fully saturated rings. The Morgan fingerprint density at radius 1 is 1.24 bits per heavy atom. The summed E-state index contributed by atoms with van der Waals surface area (Å²) in [7, 11) is 0. The molecule has 0 unspecified atom stereocenters. The molecule has 1 amide bonds. The standard InChI is InChI=1S/C16H21BrN2O2/c17-14-5-2-1-4-13(14)12-18-7-9-19(10-8-18)16(20)15-6-3-11-21-15/h1-2,4-5,15H,3,6-12H2/t15-/m0/s1. The van der Waals surface area contributed by atoms with Gasteiger partial charge >= 0.3 is 0 Å². The first kappa shape index (κ1) is 15.0. The van der Waals surface area contributed by atoms with Crippen molar-refractivity contribution >= 4 is 21.8 Å². The molecule has 0 N–H and O–H groups in total. The summed E-state index contributed by atoms with van der Waals surface area (Å²) in [5.41, 5.74) is 1.30. The molecule has 2 aliphatic rings. The first-order valence-corrected chi connectivity index (χ1v) is 8.39. The van der Waals surface area contributed by atoms with E-state index in [9.17, 15) is 4.79 Å². The molecule has 0 bridgehead atoms. The van der Waals surface area contributed by atoms with Crippen LogP contribution >= 0.6 is 15.9 Å². The topological polar surface area (TPSA) is 32.8 Å². The number of carbonyl (C=O) groups is 1. The Labute approximate surface area is 134 Å². The molecule has 5 heteroatoms. The highest BCUT2D eigenvalue weighted by atomic mass is 79.9. The Balaban J connectivity index is 1.51. The zero-order valence-electron chi connectivity index (χ0n) is 12.1. The van der Waals surface area contributed by atoms with Crippen molar-refractivity contribution in [3.63, 3.8) is 0 Å². The summed E-state index contributed by atoms with van der Waals surface area (Å²) < 4.78 is 6.65. The SMILES string of the molecule is O=C([C@@H]1CCCO1)N1CCN(Cc2ccccc2Br)CC1. The number of ether oxygens (including phenoxy) is 1. The minimum atomic E-state index is -0.181. The van der Waals surface area contributed by atoms with Crippen molar-refractivity contribution in [3.05, 3.63) is 34.3 Å². The lowest BCUT2D eigenvalue weighted by Crippen LogP contribution is -2.51. The van der Waals surface area contributed by atoms with E-state index in [1.54, 1.807) is 0 Å². The van der Waals surface area contributed by atoms with Crippen molar-refractivity contribution < 1.29 is 9.53 Å². The normalized spacial score (nSPS) is 23.5. The van der Waals surface area contributed by atoms with Gasteiger partial charge in [0.25, 0.3) is 5.91 Å². The number of halogens is 1. The molecule has 1 atom stereocenters. The van der Waals surface area contributed by atoms with Crippen molar-refractivity contribution in [2.24, 2.45) is 0 Å². The lowest BCUT2D eigenvalue weighted by molar-refractivity contribution is -0.142. The van der Waals surface area contributed by atoms with E-state index in [1.807, 2.05) is 11.0 Å². The van der Waals surface area contributed by atoms with Gasteiger partial charge in [-0.1, -0.05) is 34.1 Å². The van der Waals surface area contributed by atoms with Gasteiger partial charge in [0.1, 0.15) is 6.10 Å². The maximum atomic E-state index is 12.3. The second-order valence-electron chi connectivity index (χ2n) is 5.69. The predicted molar refractivity (Wildman–Crippen MR) is 85.0 cm³/mol. The first-order valence-electron chi connectivity index (χ1n) is 7.60. The number of rotatable bonds is 3. The van der Waals surface area contributed by atoms with E-state index < -0.39 is 0 Å². The molecule has 0 saturated carbocycles. The summed E-state index contributed by atoms with van der Waals surface area (Å²) in [5, 5.41) is 0. The minimum Gasteiger partial charge on any atom is -0.368 e. The largest absolute Gasteiger partial charge is 0.368 e. The number of carbonyl (C=O) groups excluding carboxylic acids is 1. The van der Waals surface area contributed by atoms with E-state index in [4.69, 9.17) is 4.74 Å². The number of piperazine rings is 1. The molecule has 4 nitrogen and oxygen atoms in total. The summed E-state index contributed by atoms with van der Waals surface area (Å²) in [6, 6.07) is 8.32. The van der Waals surface area contributed by atoms with Crippen LogP contribution in [0.2, 0.25) is 0 Å². The van der Waals surface area contributed by atoms with Crippen LogP contribution in [0.4, 0.5) is 0 Å². The third kappa shape index (κ3) is 3.65. The molecular weight excluding hydrogens is 332 g/mol. The van der Waals surface area contributed by atoms with Gasteiger partial charge in [0.2, 0.25) is 0 Å². The van der Waals surface area contributed by atoms with Gasteiger partial charge < -0.3 is 9.64 Å². The monoisotopic (exact) mass is 352 g/mol. The van der Waals surface area contributed by atoms with Crippen molar-refractivity contribution in [1.29, 1.82) is 0 Å². The molecule has 0 radical (unpaired) electrons. The summed E-state index contributed by atoms with van der Waals surface area (Å²) in [6.07, 6.45) is 1.72. The fraction of sp³-hybridized carbons (Fsp3) is 0.562. The number of nitrogens with zero attached hydrogens (tertiary/aromatic N) is 2. The number of hydrogen-bond acceptors (Lipinski definition) is 3. The summed E-state index contributed by atoms with van der Waals surface area (Å²) >= 11 is 3.60. The Morgan fingerprint density at radius 3 is 2.67 bits per heavy atom. The second kappa shape index (κ2) is 6.90. The molecule has 3 rings (SSSR count). The number of hydrogen-bond donors (Lipinski definition) is 0. The molecule has 2 saturated heterocycles. The van der Waals surface area contributed by atoms with Crippen LogP contribution in [0.15, 0.2) is 28.7 Å². The summed E-state index contributed by atoms with van der Waals surface area (Å²) in [6.45, 7) is 5.15. The van der Waals surface area contributed by atoms with E-state index in [1.165, 1.54) is 5.56 Å². The Hall–Kier alpha value is -0.910. The number of benzene rings is 1. The van der Waals surface area contributed by atoms with Crippen molar-refractivity contribution in [3.8, 4) is 0 Å². The zero-order chi connectivity index (χ0) is 14.7. The van der Waals surface area contributed by atoms with Crippen molar-refractivity contribution in [2.45, 2.75) is 25.5 Å². The number of amides is 1. The highest BCUT2D eigenvalue weighted by Gasteiger charge is 2.30. The maximum absolute atomic E-state index is 12.3. The van der Waals surface area contributed by atoms with Gasteiger partial charge in [-0.25, -0.2) is 0 Å². The van der Waals surface area contributed by atoms with Gasteiger partial charge in [0.15, 0.2) is 0 Å². The third-order valence-electron chi connectivity index (χ3n) is 4.24. The quantitative estimate of drug-likeness (QED) is 0.836. The van der Waals surface area contributed by atoms with Crippen molar-refractivity contribution in [2.75, 3.05) is 32.8 Å². The van der Waals surface area contributed by atoms with Crippen LogP contribution in [-0.2, 0) is 16.1 Å². The average molecular weight is 353 g/mol. The lowest BCUT2D eigenvalue weighted by Gasteiger charge is -2.35. The van der Waals surface area contributed by atoms with Crippen LogP contribution in [0.3, 0.4) is 0 Å². The molecule has 1 aromatic carbocycles. The fourth-order valence-electron chi connectivity index (χ4n) is 2.97. The molecule has 0 aliphatic carbocycles. The van der Waals surface area contributed by atoms with Gasteiger partial charge in [-0.2, -0.15) is 0 Å². The molecule has 0 aromatic heterocycles. The van der Waals surface area contributed by atoms with Gasteiger partial charge in [0.05, 0.1) is 0 Å². The molecule has 114 valence electrons. The first-order chi connectivity index (χ1) is 10.2.